The van der Waals surface area contributed by atoms with Gasteiger partial charge in [0.05, 0.1) is 24.1 Å². The SMILES string of the molecule is O=C(NCc1ccco1)c1ccccc1NC(=O)c1ccnn1CC1CCC1. The molecule has 1 aromatic carbocycles. The van der Waals surface area contributed by atoms with Gasteiger partial charge in [0.2, 0.25) is 0 Å². The molecule has 144 valence electrons. The molecule has 2 aromatic heterocycles. The summed E-state index contributed by atoms with van der Waals surface area (Å²) >= 11 is 0. The van der Waals surface area contributed by atoms with E-state index in [4.69, 9.17) is 4.42 Å². The Kier molecular flexibility index (Phi) is 5.23. The molecule has 0 aliphatic heterocycles. The highest BCUT2D eigenvalue weighted by Crippen LogP contribution is 2.28. The Bertz CT molecular complexity index is 958. The van der Waals surface area contributed by atoms with Crippen LogP contribution in [-0.4, -0.2) is 21.6 Å². The molecule has 3 aromatic rings. The first kappa shape index (κ1) is 18.0. The number of benzene rings is 1. The molecule has 1 saturated carbocycles. The van der Waals surface area contributed by atoms with E-state index in [2.05, 4.69) is 15.7 Å². The average molecular weight is 378 g/mol. The van der Waals surface area contributed by atoms with Crippen molar-refractivity contribution in [2.24, 2.45) is 5.92 Å². The number of furan rings is 1. The van der Waals surface area contributed by atoms with Gasteiger partial charge in [0.1, 0.15) is 11.5 Å². The largest absolute Gasteiger partial charge is 0.467 e. The van der Waals surface area contributed by atoms with Crippen LogP contribution in [-0.2, 0) is 13.1 Å². The number of carbonyl (C=O) groups excluding carboxylic acids is 2. The minimum atomic E-state index is -0.282. The van der Waals surface area contributed by atoms with Gasteiger partial charge < -0.3 is 15.1 Å². The zero-order valence-corrected chi connectivity index (χ0v) is 15.4. The van der Waals surface area contributed by atoms with Gasteiger partial charge in [-0.2, -0.15) is 5.10 Å². The Labute approximate surface area is 162 Å². The topological polar surface area (TPSA) is 89.2 Å². The maximum atomic E-state index is 12.8. The lowest BCUT2D eigenvalue weighted by molar-refractivity contribution is 0.0949. The van der Waals surface area contributed by atoms with Crippen molar-refractivity contribution in [2.45, 2.75) is 32.4 Å². The third kappa shape index (κ3) is 3.98. The monoisotopic (exact) mass is 378 g/mol. The van der Waals surface area contributed by atoms with Crippen LogP contribution in [0.5, 0.6) is 0 Å². The van der Waals surface area contributed by atoms with Crippen molar-refractivity contribution in [3.63, 3.8) is 0 Å². The minimum Gasteiger partial charge on any atom is -0.467 e. The van der Waals surface area contributed by atoms with Gasteiger partial charge in [-0.05, 0) is 49.1 Å². The maximum absolute atomic E-state index is 12.8. The van der Waals surface area contributed by atoms with Crippen LogP contribution >= 0.6 is 0 Å². The predicted octanol–water partition coefficient (Wildman–Crippen LogP) is 3.46. The second kappa shape index (κ2) is 8.12. The first-order valence-corrected chi connectivity index (χ1v) is 9.43. The molecule has 4 rings (SSSR count). The van der Waals surface area contributed by atoms with Crippen LogP contribution in [0.1, 0.15) is 45.9 Å². The van der Waals surface area contributed by atoms with Crippen LogP contribution in [0.15, 0.2) is 59.3 Å². The van der Waals surface area contributed by atoms with Crippen molar-refractivity contribution in [1.29, 1.82) is 0 Å². The van der Waals surface area contributed by atoms with Crippen LogP contribution in [0.2, 0.25) is 0 Å². The molecule has 28 heavy (non-hydrogen) atoms. The summed E-state index contributed by atoms with van der Waals surface area (Å²) < 4.78 is 6.98. The van der Waals surface area contributed by atoms with Crippen molar-refractivity contribution >= 4 is 17.5 Å². The van der Waals surface area contributed by atoms with Crippen molar-refractivity contribution in [1.82, 2.24) is 15.1 Å². The number of anilines is 1. The molecular formula is C21H22N4O3. The predicted molar refractivity (Wildman–Crippen MR) is 104 cm³/mol. The van der Waals surface area contributed by atoms with Crippen molar-refractivity contribution in [3.05, 3.63) is 71.9 Å². The van der Waals surface area contributed by atoms with E-state index in [1.54, 1.807) is 59.6 Å². The molecule has 7 heteroatoms. The zero-order chi connectivity index (χ0) is 19.3. The molecule has 7 nitrogen and oxygen atoms in total. The summed E-state index contributed by atoms with van der Waals surface area (Å²) in [5, 5.41) is 9.94. The number of aromatic nitrogens is 2. The van der Waals surface area contributed by atoms with Crippen LogP contribution in [0, 0.1) is 5.92 Å². The standard InChI is InChI=1S/C21H22N4O3/c26-20(22-13-16-7-4-12-28-16)17-8-1-2-9-18(17)24-21(27)19-10-11-23-25(19)14-15-5-3-6-15/h1-2,4,7-12,15H,3,5-6,13-14H2,(H,22,26)(H,24,27). The molecule has 0 spiro atoms. The molecule has 0 radical (unpaired) electrons. The van der Waals surface area contributed by atoms with Crippen LogP contribution < -0.4 is 10.6 Å². The number of rotatable bonds is 7. The van der Waals surface area contributed by atoms with Crippen LogP contribution in [0.25, 0.3) is 0 Å². The molecule has 2 heterocycles. The van der Waals surface area contributed by atoms with Crippen molar-refractivity contribution in [2.75, 3.05) is 5.32 Å². The summed E-state index contributed by atoms with van der Waals surface area (Å²) in [6.45, 7) is 1.03. The van der Waals surface area contributed by atoms with Gasteiger partial charge in [-0.15, -0.1) is 0 Å². The van der Waals surface area contributed by atoms with E-state index < -0.39 is 0 Å². The van der Waals surface area contributed by atoms with Gasteiger partial charge in [0.25, 0.3) is 11.8 Å². The summed E-state index contributed by atoms with van der Waals surface area (Å²) in [4.78, 5) is 25.4. The second-order valence-electron chi connectivity index (χ2n) is 6.96. The van der Waals surface area contributed by atoms with Crippen molar-refractivity contribution in [3.8, 4) is 0 Å². The fourth-order valence-corrected chi connectivity index (χ4v) is 3.24. The van der Waals surface area contributed by atoms with E-state index in [1.807, 2.05) is 0 Å². The van der Waals surface area contributed by atoms with E-state index in [0.717, 1.165) is 6.54 Å². The first-order chi connectivity index (χ1) is 13.7. The molecule has 2 amide bonds. The minimum absolute atomic E-state index is 0.275. The fraction of sp³-hybridized carbons (Fsp3) is 0.286. The Morgan fingerprint density at radius 3 is 2.71 bits per heavy atom. The summed E-state index contributed by atoms with van der Waals surface area (Å²) in [5.41, 5.74) is 1.35. The Morgan fingerprint density at radius 2 is 1.96 bits per heavy atom. The zero-order valence-electron chi connectivity index (χ0n) is 15.4. The number of hydrogen-bond acceptors (Lipinski definition) is 4. The van der Waals surface area contributed by atoms with Gasteiger partial charge >= 0.3 is 0 Å². The van der Waals surface area contributed by atoms with Gasteiger partial charge in [-0.25, -0.2) is 0 Å². The lowest BCUT2D eigenvalue weighted by atomic mass is 9.85. The summed E-state index contributed by atoms with van der Waals surface area (Å²) in [6, 6.07) is 12.2. The molecular weight excluding hydrogens is 356 g/mol. The fourth-order valence-electron chi connectivity index (χ4n) is 3.24. The molecule has 0 unspecified atom stereocenters. The Balaban J connectivity index is 1.45. The first-order valence-electron chi connectivity index (χ1n) is 9.43. The highest BCUT2D eigenvalue weighted by molar-refractivity contribution is 6.08. The van der Waals surface area contributed by atoms with Gasteiger partial charge in [-0.3, -0.25) is 14.3 Å². The lowest BCUT2D eigenvalue weighted by Gasteiger charge is -2.25. The van der Waals surface area contributed by atoms with E-state index in [1.165, 1.54) is 19.3 Å². The summed E-state index contributed by atoms with van der Waals surface area (Å²) in [6.07, 6.45) is 6.80. The van der Waals surface area contributed by atoms with E-state index >= 15 is 0 Å². The number of carbonyl (C=O) groups is 2. The van der Waals surface area contributed by atoms with Gasteiger partial charge in [-0.1, -0.05) is 18.6 Å². The third-order valence-electron chi connectivity index (χ3n) is 5.03. The van der Waals surface area contributed by atoms with Crippen LogP contribution in [0.4, 0.5) is 5.69 Å². The number of hydrogen-bond donors (Lipinski definition) is 2. The second-order valence-corrected chi connectivity index (χ2v) is 6.96. The lowest BCUT2D eigenvalue weighted by Crippen LogP contribution is -2.26. The Hall–Kier alpha value is -3.35. The van der Waals surface area contributed by atoms with E-state index in [9.17, 15) is 9.59 Å². The quantitative estimate of drug-likeness (QED) is 0.659. The van der Waals surface area contributed by atoms with E-state index in [-0.39, 0.29) is 18.4 Å². The van der Waals surface area contributed by atoms with Gasteiger partial charge in [0, 0.05) is 12.7 Å². The molecule has 1 aliphatic carbocycles. The normalized spacial score (nSPS) is 13.7. The molecule has 0 saturated heterocycles. The van der Waals surface area contributed by atoms with Gasteiger partial charge in [0.15, 0.2) is 0 Å². The molecule has 1 aliphatic rings. The summed E-state index contributed by atoms with van der Waals surface area (Å²) in [5.74, 6) is 0.694. The average Bonchev–Trinajstić information content (AvgIpc) is 3.35. The Morgan fingerprint density at radius 1 is 1.11 bits per heavy atom. The maximum Gasteiger partial charge on any atom is 0.273 e. The highest BCUT2D eigenvalue weighted by atomic mass is 16.3. The molecule has 0 bridgehead atoms. The molecule has 1 fully saturated rings. The number of para-hydroxylation sites is 1. The van der Waals surface area contributed by atoms with Crippen molar-refractivity contribution < 1.29 is 14.0 Å². The number of amides is 2. The number of nitrogens with zero attached hydrogens (tertiary/aromatic N) is 2. The number of nitrogens with one attached hydrogen (secondary N) is 2. The van der Waals surface area contributed by atoms with Crippen LogP contribution in [0.3, 0.4) is 0 Å². The summed E-state index contributed by atoms with van der Waals surface area (Å²) in [7, 11) is 0. The molecule has 2 N–H and O–H groups in total. The smallest absolute Gasteiger partial charge is 0.273 e. The highest BCUT2D eigenvalue weighted by Gasteiger charge is 2.22. The molecule has 0 atom stereocenters. The van der Waals surface area contributed by atoms with E-state index in [0.29, 0.717) is 28.6 Å². The third-order valence-corrected chi connectivity index (χ3v) is 5.03.